The van der Waals surface area contributed by atoms with Crippen LogP contribution in [0.25, 0.3) is 0 Å². The van der Waals surface area contributed by atoms with Crippen molar-refractivity contribution in [3.8, 4) is 0 Å². The van der Waals surface area contributed by atoms with Crippen molar-refractivity contribution >= 4 is 27.8 Å². The van der Waals surface area contributed by atoms with Crippen LogP contribution in [-0.4, -0.2) is 15.1 Å². The summed E-state index contributed by atoms with van der Waals surface area (Å²) in [7, 11) is 0. The first-order valence-electron chi connectivity index (χ1n) is 4.04. The Kier molecular flexibility index (Phi) is 2.55. The number of nitrogens with one attached hydrogen (secondary N) is 1. The molecule has 0 saturated carbocycles. The van der Waals surface area contributed by atoms with Gasteiger partial charge >= 0.3 is 0 Å². The largest absolute Gasteiger partial charge is 0.324 e. The number of nitrogens with zero attached hydrogens (tertiary/aromatic N) is 3. The summed E-state index contributed by atoms with van der Waals surface area (Å²) >= 11 is 1.28. The summed E-state index contributed by atoms with van der Waals surface area (Å²) < 4.78 is 0. The lowest BCUT2D eigenvalue weighted by atomic mass is 10.3. The van der Waals surface area contributed by atoms with Crippen LogP contribution in [0.1, 0.15) is 0 Å². The van der Waals surface area contributed by atoms with E-state index in [1.807, 2.05) is 0 Å². The Bertz CT molecular complexity index is 471. The van der Waals surface area contributed by atoms with Gasteiger partial charge in [-0.25, -0.2) is 0 Å². The van der Waals surface area contributed by atoms with Crippen LogP contribution in [0.2, 0.25) is 0 Å². The second kappa shape index (κ2) is 4.01. The predicted molar refractivity (Wildman–Crippen MR) is 56.3 cm³/mol. The van der Waals surface area contributed by atoms with E-state index in [0.29, 0.717) is 10.8 Å². The zero-order chi connectivity index (χ0) is 10.7. The molecule has 0 spiro atoms. The molecule has 1 aromatic heterocycles. The van der Waals surface area contributed by atoms with Gasteiger partial charge in [0.25, 0.3) is 5.69 Å². The van der Waals surface area contributed by atoms with Gasteiger partial charge in [0.15, 0.2) is 0 Å². The van der Waals surface area contributed by atoms with Crippen LogP contribution < -0.4 is 5.32 Å². The van der Waals surface area contributed by atoms with E-state index in [4.69, 9.17) is 0 Å². The smallest absolute Gasteiger partial charge is 0.292 e. The van der Waals surface area contributed by atoms with Gasteiger partial charge < -0.3 is 5.32 Å². The maximum atomic E-state index is 10.7. The SMILES string of the molecule is O=[N+]([O-])c1ccccc1Nc1nncs1. The van der Waals surface area contributed by atoms with Crippen LogP contribution in [0.3, 0.4) is 0 Å². The van der Waals surface area contributed by atoms with E-state index >= 15 is 0 Å². The zero-order valence-electron chi connectivity index (χ0n) is 7.45. The average molecular weight is 222 g/mol. The number of hydrogen-bond donors (Lipinski definition) is 1. The number of nitro benzene ring substituents is 1. The quantitative estimate of drug-likeness (QED) is 0.635. The van der Waals surface area contributed by atoms with Crippen molar-refractivity contribution in [1.29, 1.82) is 0 Å². The van der Waals surface area contributed by atoms with Crippen molar-refractivity contribution in [2.75, 3.05) is 5.32 Å². The molecule has 2 rings (SSSR count). The second-order valence-electron chi connectivity index (χ2n) is 2.64. The molecule has 0 aliphatic carbocycles. The Morgan fingerprint density at radius 2 is 2.20 bits per heavy atom. The fourth-order valence-corrected chi connectivity index (χ4v) is 1.54. The summed E-state index contributed by atoms with van der Waals surface area (Å²) in [6.45, 7) is 0. The van der Waals surface area contributed by atoms with Crippen molar-refractivity contribution in [3.05, 3.63) is 39.9 Å². The highest BCUT2D eigenvalue weighted by atomic mass is 32.1. The number of para-hydroxylation sites is 2. The van der Waals surface area contributed by atoms with Gasteiger partial charge in [-0.2, -0.15) is 0 Å². The topological polar surface area (TPSA) is 81.0 Å². The lowest BCUT2D eigenvalue weighted by Gasteiger charge is -2.01. The molecule has 0 atom stereocenters. The van der Waals surface area contributed by atoms with Gasteiger partial charge in [0.05, 0.1) is 4.92 Å². The highest BCUT2D eigenvalue weighted by molar-refractivity contribution is 7.13. The van der Waals surface area contributed by atoms with Gasteiger partial charge in [-0.15, -0.1) is 10.2 Å². The maximum Gasteiger partial charge on any atom is 0.292 e. The molecular weight excluding hydrogens is 216 g/mol. The van der Waals surface area contributed by atoms with Crippen molar-refractivity contribution in [2.24, 2.45) is 0 Å². The maximum absolute atomic E-state index is 10.7. The van der Waals surface area contributed by atoms with Gasteiger partial charge in [-0.1, -0.05) is 23.5 Å². The monoisotopic (exact) mass is 222 g/mol. The molecule has 76 valence electrons. The van der Waals surface area contributed by atoms with Gasteiger partial charge in [-0.05, 0) is 6.07 Å². The zero-order valence-corrected chi connectivity index (χ0v) is 8.27. The lowest BCUT2D eigenvalue weighted by Crippen LogP contribution is -1.96. The van der Waals surface area contributed by atoms with E-state index in [1.54, 1.807) is 23.7 Å². The number of anilines is 2. The normalized spacial score (nSPS) is 9.87. The Balaban J connectivity index is 2.32. The van der Waals surface area contributed by atoms with Crippen LogP contribution in [0.4, 0.5) is 16.5 Å². The molecule has 0 fully saturated rings. The minimum absolute atomic E-state index is 0.0210. The first kappa shape index (κ1) is 9.53. The summed E-state index contributed by atoms with van der Waals surface area (Å²) in [5, 5.41) is 21.4. The van der Waals surface area contributed by atoms with Crippen LogP contribution in [0.5, 0.6) is 0 Å². The molecular formula is C8H6N4O2S. The van der Waals surface area contributed by atoms with E-state index in [0.717, 1.165) is 0 Å². The van der Waals surface area contributed by atoms with Crippen LogP contribution in [-0.2, 0) is 0 Å². The molecule has 0 saturated heterocycles. The molecule has 0 aliphatic rings. The Labute approximate surface area is 88.7 Å². The predicted octanol–water partition coefficient (Wildman–Crippen LogP) is 2.19. The summed E-state index contributed by atoms with van der Waals surface area (Å²) in [5.74, 6) is 0. The molecule has 0 unspecified atom stereocenters. The lowest BCUT2D eigenvalue weighted by molar-refractivity contribution is -0.383. The molecule has 1 heterocycles. The molecule has 1 N–H and O–H groups in total. The van der Waals surface area contributed by atoms with Crippen LogP contribution >= 0.6 is 11.3 Å². The standard InChI is InChI=1S/C8H6N4O2S/c13-12(14)7-4-2-1-3-6(7)10-8-11-9-5-15-8/h1-5H,(H,10,11). The fourth-order valence-electron chi connectivity index (χ4n) is 1.08. The molecule has 7 heteroatoms. The first-order valence-corrected chi connectivity index (χ1v) is 4.92. The molecule has 6 nitrogen and oxygen atoms in total. The molecule has 0 aliphatic heterocycles. The van der Waals surface area contributed by atoms with Crippen LogP contribution in [0.15, 0.2) is 29.8 Å². The fraction of sp³-hybridized carbons (Fsp3) is 0. The average Bonchev–Trinajstić information content (AvgIpc) is 2.71. The van der Waals surface area contributed by atoms with Gasteiger partial charge in [0.2, 0.25) is 5.13 Å². The molecule has 0 bridgehead atoms. The van der Waals surface area contributed by atoms with Crippen molar-refractivity contribution in [3.63, 3.8) is 0 Å². The highest BCUT2D eigenvalue weighted by Crippen LogP contribution is 2.27. The van der Waals surface area contributed by atoms with Gasteiger partial charge in [-0.3, -0.25) is 10.1 Å². The van der Waals surface area contributed by atoms with E-state index in [9.17, 15) is 10.1 Å². The second-order valence-corrected chi connectivity index (χ2v) is 3.48. The number of rotatable bonds is 3. The highest BCUT2D eigenvalue weighted by Gasteiger charge is 2.12. The van der Waals surface area contributed by atoms with E-state index in [1.165, 1.54) is 17.4 Å². The minimum atomic E-state index is -0.441. The summed E-state index contributed by atoms with van der Waals surface area (Å²) in [6, 6.07) is 6.39. The first-order chi connectivity index (χ1) is 7.27. The van der Waals surface area contributed by atoms with Crippen LogP contribution in [0, 0.1) is 10.1 Å². The van der Waals surface area contributed by atoms with Gasteiger partial charge in [0.1, 0.15) is 11.2 Å². The number of nitro groups is 1. The third-order valence-corrected chi connectivity index (χ3v) is 2.31. The molecule has 1 aromatic carbocycles. The molecule has 15 heavy (non-hydrogen) atoms. The van der Waals surface area contributed by atoms with E-state index in [-0.39, 0.29) is 5.69 Å². The Hall–Kier alpha value is -2.02. The third-order valence-electron chi connectivity index (χ3n) is 1.70. The number of benzene rings is 1. The van der Waals surface area contributed by atoms with Crippen molar-refractivity contribution in [1.82, 2.24) is 10.2 Å². The summed E-state index contributed by atoms with van der Waals surface area (Å²) in [6.07, 6.45) is 0. The van der Waals surface area contributed by atoms with E-state index < -0.39 is 4.92 Å². The Morgan fingerprint density at radius 3 is 2.87 bits per heavy atom. The molecule has 0 radical (unpaired) electrons. The summed E-state index contributed by atoms with van der Waals surface area (Å²) in [5.41, 5.74) is 1.99. The third kappa shape index (κ3) is 2.08. The number of hydrogen-bond acceptors (Lipinski definition) is 6. The van der Waals surface area contributed by atoms with Gasteiger partial charge in [0, 0.05) is 6.07 Å². The Morgan fingerprint density at radius 1 is 1.40 bits per heavy atom. The molecule has 0 amide bonds. The number of aromatic nitrogens is 2. The van der Waals surface area contributed by atoms with Crippen molar-refractivity contribution in [2.45, 2.75) is 0 Å². The minimum Gasteiger partial charge on any atom is -0.324 e. The van der Waals surface area contributed by atoms with Crippen molar-refractivity contribution < 1.29 is 4.92 Å². The summed E-state index contributed by atoms with van der Waals surface area (Å²) in [4.78, 5) is 10.2. The molecule has 2 aromatic rings. The van der Waals surface area contributed by atoms with E-state index in [2.05, 4.69) is 15.5 Å².